The molecule has 1 N–H and O–H groups in total. The Bertz CT molecular complexity index is 1190. The third-order valence-corrected chi connectivity index (χ3v) is 6.50. The van der Waals surface area contributed by atoms with Crippen LogP contribution in [0.5, 0.6) is 0 Å². The summed E-state index contributed by atoms with van der Waals surface area (Å²) in [5.74, 6) is -0.568. The van der Waals surface area contributed by atoms with E-state index in [1.54, 1.807) is 24.3 Å². The fourth-order valence-electron chi connectivity index (χ4n) is 2.85. The van der Waals surface area contributed by atoms with Crippen LogP contribution < -0.4 is 9.73 Å². The fraction of sp³-hybridized carbons (Fsp3) is 0.130. The van der Waals surface area contributed by atoms with Crippen molar-refractivity contribution in [1.82, 2.24) is 5.43 Å². The molecule has 0 aliphatic carbocycles. The minimum atomic E-state index is -4.00. The van der Waals surface area contributed by atoms with E-state index in [4.69, 9.17) is 11.6 Å². The Morgan fingerprint density at radius 1 is 1.00 bits per heavy atom. The number of rotatable bonds is 7. The normalized spacial score (nSPS) is 11.5. The third kappa shape index (κ3) is 5.93. The second-order valence-corrected chi connectivity index (χ2v) is 9.31. The SMILES string of the molecule is Cc1ccc(N(CC(=O)N/N=C\c2cccc(C)c2)S(=O)(=O)c2ccc(Cl)cc2)cc1. The van der Waals surface area contributed by atoms with Gasteiger partial charge in [0.05, 0.1) is 16.8 Å². The molecular weight excluding hydrogens is 434 g/mol. The number of amides is 1. The summed E-state index contributed by atoms with van der Waals surface area (Å²) in [4.78, 5) is 12.6. The molecule has 0 radical (unpaired) electrons. The summed E-state index contributed by atoms with van der Waals surface area (Å²) in [6.45, 7) is 3.42. The van der Waals surface area contributed by atoms with Gasteiger partial charge in [-0.1, -0.05) is 59.1 Å². The average Bonchev–Trinajstić information content (AvgIpc) is 2.73. The monoisotopic (exact) mass is 455 g/mol. The molecule has 0 heterocycles. The third-order valence-electron chi connectivity index (χ3n) is 4.46. The smallest absolute Gasteiger partial charge is 0.264 e. The number of nitrogens with one attached hydrogen (secondary N) is 1. The van der Waals surface area contributed by atoms with E-state index in [9.17, 15) is 13.2 Å². The van der Waals surface area contributed by atoms with E-state index in [1.807, 2.05) is 38.1 Å². The summed E-state index contributed by atoms with van der Waals surface area (Å²) in [6.07, 6.45) is 1.51. The lowest BCUT2D eigenvalue weighted by atomic mass is 10.2. The van der Waals surface area contributed by atoms with Gasteiger partial charge in [-0.3, -0.25) is 9.10 Å². The van der Waals surface area contributed by atoms with Gasteiger partial charge < -0.3 is 0 Å². The van der Waals surface area contributed by atoms with Gasteiger partial charge in [-0.2, -0.15) is 5.10 Å². The number of sulfonamides is 1. The van der Waals surface area contributed by atoms with Crippen molar-refractivity contribution < 1.29 is 13.2 Å². The van der Waals surface area contributed by atoms with Crippen molar-refractivity contribution in [3.05, 3.63) is 94.5 Å². The first kappa shape index (κ1) is 22.5. The zero-order valence-corrected chi connectivity index (χ0v) is 18.7. The molecule has 3 aromatic carbocycles. The summed E-state index contributed by atoms with van der Waals surface area (Å²) >= 11 is 5.89. The van der Waals surface area contributed by atoms with Crippen LogP contribution in [0.4, 0.5) is 5.69 Å². The molecule has 6 nitrogen and oxygen atoms in total. The lowest BCUT2D eigenvalue weighted by Crippen LogP contribution is -2.39. The Hall–Kier alpha value is -3.16. The molecule has 0 atom stereocenters. The first-order valence-corrected chi connectivity index (χ1v) is 11.3. The van der Waals surface area contributed by atoms with Crippen molar-refractivity contribution in [2.45, 2.75) is 18.7 Å². The molecule has 0 saturated carbocycles. The Kier molecular flexibility index (Phi) is 7.09. The van der Waals surface area contributed by atoms with Crippen molar-refractivity contribution in [3.8, 4) is 0 Å². The largest absolute Gasteiger partial charge is 0.271 e. The number of benzene rings is 3. The van der Waals surface area contributed by atoms with Crippen LogP contribution in [-0.4, -0.2) is 27.1 Å². The highest BCUT2D eigenvalue weighted by molar-refractivity contribution is 7.92. The Morgan fingerprint density at radius 2 is 1.68 bits per heavy atom. The van der Waals surface area contributed by atoms with Gasteiger partial charge >= 0.3 is 0 Å². The number of anilines is 1. The number of halogens is 1. The number of carbonyl (C=O) groups excluding carboxylic acids is 1. The highest BCUT2D eigenvalue weighted by Crippen LogP contribution is 2.25. The second kappa shape index (κ2) is 9.76. The number of hydrazone groups is 1. The highest BCUT2D eigenvalue weighted by atomic mass is 35.5. The molecule has 0 aliphatic heterocycles. The standard InChI is InChI=1S/C23H22ClN3O3S/c1-17-6-10-21(11-7-17)27(31(29,30)22-12-8-20(24)9-13-22)16-23(28)26-25-15-19-5-3-4-18(2)14-19/h3-15H,16H2,1-2H3,(H,26,28)/b25-15-. The summed E-state index contributed by atoms with van der Waals surface area (Å²) in [5.41, 5.74) is 5.63. The first-order chi connectivity index (χ1) is 14.8. The van der Waals surface area contributed by atoms with E-state index in [2.05, 4.69) is 10.5 Å². The zero-order chi connectivity index (χ0) is 22.4. The fourth-order valence-corrected chi connectivity index (χ4v) is 4.40. The molecule has 1 amide bonds. The molecule has 3 rings (SSSR count). The van der Waals surface area contributed by atoms with E-state index in [1.165, 1.54) is 30.5 Å². The van der Waals surface area contributed by atoms with Crippen molar-refractivity contribution >= 4 is 39.4 Å². The minimum absolute atomic E-state index is 0.0357. The van der Waals surface area contributed by atoms with Crippen LogP contribution in [0.3, 0.4) is 0 Å². The van der Waals surface area contributed by atoms with Crippen LogP contribution >= 0.6 is 11.6 Å². The van der Waals surface area contributed by atoms with Crippen LogP contribution in [-0.2, 0) is 14.8 Å². The maximum atomic E-state index is 13.3. The predicted molar refractivity (Wildman–Crippen MR) is 124 cm³/mol. The van der Waals surface area contributed by atoms with Gasteiger partial charge in [0.15, 0.2) is 0 Å². The summed E-state index contributed by atoms with van der Waals surface area (Å²) in [6, 6.07) is 20.3. The van der Waals surface area contributed by atoms with Crippen LogP contribution in [0, 0.1) is 13.8 Å². The average molecular weight is 456 g/mol. The molecule has 0 spiro atoms. The van der Waals surface area contributed by atoms with Crippen LogP contribution in [0.2, 0.25) is 5.02 Å². The minimum Gasteiger partial charge on any atom is -0.271 e. The first-order valence-electron chi connectivity index (χ1n) is 9.49. The number of aryl methyl sites for hydroxylation is 2. The molecular formula is C23H22ClN3O3S. The van der Waals surface area contributed by atoms with Gasteiger partial charge in [0.2, 0.25) is 0 Å². The molecule has 0 aliphatic rings. The molecule has 0 bridgehead atoms. The van der Waals surface area contributed by atoms with Crippen molar-refractivity contribution in [3.63, 3.8) is 0 Å². The molecule has 0 aromatic heterocycles. The Morgan fingerprint density at radius 3 is 2.32 bits per heavy atom. The molecule has 0 saturated heterocycles. The van der Waals surface area contributed by atoms with Gasteiger partial charge in [-0.05, 0) is 55.8 Å². The maximum Gasteiger partial charge on any atom is 0.264 e. The van der Waals surface area contributed by atoms with Crippen LogP contribution in [0.1, 0.15) is 16.7 Å². The van der Waals surface area contributed by atoms with E-state index < -0.39 is 22.5 Å². The number of nitrogens with zero attached hydrogens (tertiary/aromatic N) is 2. The Labute approximate surface area is 187 Å². The second-order valence-electron chi connectivity index (χ2n) is 7.01. The van der Waals surface area contributed by atoms with Crippen LogP contribution in [0.15, 0.2) is 82.8 Å². The molecule has 3 aromatic rings. The van der Waals surface area contributed by atoms with Crippen LogP contribution in [0.25, 0.3) is 0 Å². The van der Waals surface area contributed by atoms with Gasteiger partial charge in [0.25, 0.3) is 15.9 Å². The van der Waals surface area contributed by atoms with E-state index in [-0.39, 0.29) is 4.90 Å². The molecule has 31 heavy (non-hydrogen) atoms. The van der Waals surface area contributed by atoms with E-state index in [0.29, 0.717) is 10.7 Å². The van der Waals surface area contributed by atoms with E-state index in [0.717, 1.165) is 21.0 Å². The lowest BCUT2D eigenvalue weighted by Gasteiger charge is -2.23. The van der Waals surface area contributed by atoms with Gasteiger partial charge in [-0.15, -0.1) is 0 Å². The maximum absolute atomic E-state index is 13.3. The number of hydrogen-bond acceptors (Lipinski definition) is 4. The predicted octanol–water partition coefficient (Wildman–Crippen LogP) is 4.30. The van der Waals surface area contributed by atoms with E-state index >= 15 is 0 Å². The van der Waals surface area contributed by atoms with Crippen molar-refractivity contribution in [1.29, 1.82) is 0 Å². The topological polar surface area (TPSA) is 78.8 Å². The van der Waals surface area contributed by atoms with Crippen molar-refractivity contribution in [2.75, 3.05) is 10.8 Å². The molecule has 0 unspecified atom stereocenters. The Balaban J connectivity index is 1.83. The summed E-state index contributed by atoms with van der Waals surface area (Å²) in [5, 5.41) is 4.37. The molecule has 0 fully saturated rings. The summed E-state index contributed by atoms with van der Waals surface area (Å²) < 4.78 is 27.6. The highest BCUT2D eigenvalue weighted by Gasteiger charge is 2.27. The summed E-state index contributed by atoms with van der Waals surface area (Å²) in [7, 11) is -4.00. The molecule has 8 heteroatoms. The van der Waals surface area contributed by atoms with Gasteiger partial charge in [-0.25, -0.2) is 13.8 Å². The van der Waals surface area contributed by atoms with Crippen molar-refractivity contribution in [2.24, 2.45) is 5.10 Å². The van der Waals surface area contributed by atoms with Gasteiger partial charge in [0, 0.05) is 5.02 Å². The molecule has 160 valence electrons. The zero-order valence-electron chi connectivity index (χ0n) is 17.1. The lowest BCUT2D eigenvalue weighted by molar-refractivity contribution is -0.119. The van der Waals surface area contributed by atoms with Gasteiger partial charge in [0.1, 0.15) is 6.54 Å². The number of carbonyl (C=O) groups is 1. The quantitative estimate of drug-likeness (QED) is 0.426. The number of hydrogen-bond donors (Lipinski definition) is 1.